The lowest BCUT2D eigenvalue weighted by atomic mass is 10.1. The third kappa shape index (κ3) is 6.10. The van der Waals surface area contributed by atoms with Crippen LogP contribution in [0, 0.1) is 18.2 Å². The first kappa shape index (κ1) is 21.5. The van der Waals surface area contributed by atoms with Gasteiger partial charge in [-0.15, -0.1) is 6.42 Å². The molecule has 0 aromatic heterocycles. The number of sulfone groups is 1. The molecule has 0 fully saturated rings. The highest BCUT2D eigenvalue weighted by atomic mass is 32.2. The van der Waals surface area contributed by atoms with Crippen LogP contribution < -0.4 is 10.1 Å². The number of hydrogen-bond acceptors (Lipinski definition) is 4. The second kappa shape index (κ2) is 9.90. The third-order valence-electron chi connectivity index (χ3n) is 4.13. The van der Waals surface area contributed by atoms with Gasteiger partial charge in [0.25, 0.3) is 0 Å². The van der Waals surface area contributed by atoms with E-state index < -0.39 is 20.9 Å². The van der Waals surface area contributed by atoms with Crippen molar-refractivity contribution in [1.82, 2.24) is 5.32 Å². The summed E-state index contributed by atoms with van der Waals surface area (Å²) in [6.45, 7) is 2.05. The molecule has 2 aromatic rings. The molecule has 0 aliphatic rings. The summed E-state index contributed by atoms with van der Waals surface area (Å²) < 4.78 is 43.2. The van der Waals surface area contributed by atoms with Crippen molar-refractivity contribution in [2.75, 3.05) is 13.2 Å². The van der Waals surface area contributed by atoms with Crippen molar-refractivity contribution in [2.45, 2.75) is 29.9 Å². The SMILES string of the molecule is C#CCOc1ccc(CCNC(=O)CC(C)S(=O)(=O)c2ccc(F)cc2)cc1. The number of carbonyl (C=O) groups excluding carboxylic acids is 1. The van der Waals surface area contributed by atoms with Gasteiger partial charge in [-0.25, -0.2) is 12.8 Å². The number of halogens is 1. The predicted octanol–water partition coefficient (Wildman–Crippen LogP) is 2.75. The predicted molar refractivity (Wildman–Crippen MR) is 105 cm³/mol. The van der Waals surface area contributed by atoms with Crippen LogP contribution in [-0.4, -0.2) is 32.7 Å². The Morgan fingerprint density at radius 3 is 2.43 bits per heavy atom. The highest BCUT2D eigenvalue weighted by molar-refractivity contribution is 7.92. The molecule has 148 valence electrons. The zero-order chi connectivity index (χ0) is 20.6. The molecule has 0 radical (unpaired) electrons. The quantitative estimate of drug-likeness (QED) is 0.516. The lowest BCUT2D eigenvalue weighted by molar-refractivity contribution is -0.121. The van der Waals surface area contributed by atoms with Crippen molar-refractivity contribution in [1.29, 1.82) is 0 Å². The Labute approximate surface area is 164 Å². The maximum atomic E-state index is 13.0. The van der Waals surface area contributed by atoms with E-state index in [4.69, 9.17) is 11.2 Å². The van der Waals surface area contributed by atoms with Crippen LogP contribution in [0.1, 0.15) is 18.9 Å². The van der Waals surface area contributed by atoms with E-state index in [9.17, 15) is 17.6 Å². The monoisotopic (exact) mass is 403 g/mol. The van der Waals surface area contributed by atoms with Gasteiger partial charge in [0.05, 0.1) is 10.1 Å². The lowest BCUT2D eigenvalue weighted by Gasteiger charge is -2.13. The van der Waals surface area contributed by atoms with Crippen molar-refractivity contribution in [2.24, 2.45) is 0 Å². The molecular weight excluding hydrogens is 381 g/mol. The van der Waals surface area contributed by atoms with Crippen LogP contribution >= 0.6 is 0 Å². The minimum absolute atomic E-state index is 0.00124. The topological polar surface area (TPSA) is 72.5 Å². The molecule has 5 nitrogen and oxygen atoms in total. The summed E-state index contributed by atoms with van der Waals surface area (Å²) in [5.41, 5.74) is 1.00. The Morgan fingerprint density at radius 2 is 1.82 bits per heavy atom. The van der Waals surface area contributed by atoms with Crippen molar-refractivity contribution in [3.63, 3.8) is 0 Å². The lowest BCUT2D eigenvalue weighted by Crippen LogP contribution is -2.31. The fourth-order valence-corrected chi connectivity index (χ4v) is 3.87. The number of nitrogens with one attached hydrogen (secondary N) is 1. The molecule has 0 saturated carbocycles. The molecule has 0 saturated heterocycles. The maximum absolute atomic E-state index is 13.0. The summed E-state index contributed by atoms with van der Waals surface area (Å²) in [5, 5.41) is 1.81. The van der Waals surface area contributed by atoms with Gasteiger partial charge in [0.15, 0.2) is 9.84 Å². The van der Waals surface area contributed by atoms with Gasteiger partial charge in [0, 0.05) is 13.0 Å². The van der Waals surface area contributed by atoms with E-state index in [1.165, 1.54) is 19.1 Å². The largest absolute Gasteiger partial charge is 0.481 e. The summed E-state index contributed by atoms with van der Waals surface area (Å²) in [4.78, 5) is 12.1. The van der Waals surface area contributed by atoms with E-state index in [0.717, 1.165) is 17.7 Å². The van der Waals surface area contributed by atoms with E-state index in [1.807, 2.05) is 12.1 Å². The normalized spacial score (nSPS) is 12.0. The van der Waals surface area contributed by atoms with Crippen LogP contribution in [-0.2, 0) is 21.1 Å². The van der Waals surface area contributed by atoms with Gasteiger partial charge in [-0.05, 0) is 55.3 Å². The van der Waals surface area contributed by atoms with E-state index in [-0.39, 0.29) is 23.8 Å². The number of benzene rings is 2. The second-order valence-electron chi connectivity index (χ2n) is 6.25. The summed E-state index contributed by atoms with van der Waals surface area (Å²) in [7, 11) is -3.70. The van der Waals surface area contributed by atoms with Crippen LogP contribution in [0.5, 0.6) is 5.75 Å². The Kier molecular flexibility index (Phi) is 7.59. The molecule has 0 aliphatic carbocycles. The highest BCUT2D eigenvalue weighted by Gasteiger charge is 2.25. The van der Waals surface area contributed by atoms with E-state index in [1.54, 1.807) is 12.1 Å². The zero-order valence-electron chi connectivity index (χ0n) is 15.5. The van der Waals surface area contributed by atoms with Gasteiger partial charge >= 0.3 is 0 Å². The smallest absolute Gasteiger partial charge is 0.221 e. The minimum atomic E-state index is -3.70. The first-order valence-corrected chi connectivity index (χ1v) is 10.3. The molecule has 0 bridgehead atoms. The Bertz CT molecular complexity index is 932. The first-order valence-electron chi connectivity index (χ1n) is 8.74. The van der Waals surface area contributed by atoms with E-state index in [0.29, 0.717) is 18.7 Å². The number of hydrogen-bond donors (Lipinski definition) is 1. The Morgan fingerprint density at radius 1 is 1.18 bits per heavy atom. The van der Waals surface area contributed by atoms with Gasteiger partial charge in [-0.1, -0.05) is 18.1 Å². The van der Waals surface area contributed by atoms with Crippen molar-refractivity contribution in [3.8, 4) is 18.1 Å². The van der Waals surface area contributed by atoms with Gasteiger partial charge in [0.2, 0.25) is 5.91 Å². The molecule has 1 N–H and O–H groups in total. The molecule has 1 amide bonds. The van der Waals surface area contributed by atoms with Crippen LogP contribution in [0.4, 0.5) is 4.39 Å². The average molecular weight is 403 g/mol. The fourth-order valence-electron chi connectivity index (χ4n) is 2.52. The number of ether oxygens (including phenoxy) is 1. The standard InChI is InChI=1S/C21H22FNO4S/c1-3-14-27-19-8-4-17(5-9-19)12-13-23-21(24)15-16(2)28(25,26)20-10-6-18(22)7-11-20/h1,4-11,16H,12-15H2,2H3,(H,23,24). The van der Waals surface area contributed by atoms with E-state index >= 15 is 0 Å². The summed E-state index contributed by atoms with van der Waals surface area (Å²) in [5.74, 6) is 2.19. The molecule has 0 aliphatic heterocycles. The summed E-state index contributed by atoms with van der Waals surface area (Å²) in [6.07, 6.45) is 5.56. The molecule has 0 heterocycles. The molecule has 2 rings (SSSR count). The maximum Gasteiger partial charge on any atom is 0.221 e. The molecule has 28 heavy (non-hydrogen) atoms. The molecule has 7 heteroatoms. The van der Waals surface area contributed by atoms with Crippen LogP contribution in [0.25, 0.3) is 0 Å². The molecule has 2 aromatic carbocycles. The summed E-state index contributed by atoms with van der Waals surface area (Å²) in [6, 6.07) is 11.9. The number of amides is 1. The summed E-state index contributed by atoms with van der Waals surface area (Å²) >= 11 is 0. The highest BCUT2D eigenvalue weighted by Crippen LogP contribution is 2.18. The van der Waals surface area contributed by atoms with Crippen molar-refractivity contribution < 1.29 is 22.3 Å². The zero-order valence-corrected chi connectivity index (χ0v) is 16.3. The second-order valence-corrected chi connectivity index (χ2v) is 8.62. The fraction of sp³-hybridized carbons (Fsp3) is 0.286. The van der Waals surface area contributed by atoms with Gasteiger partial charge in [-0.2, -0.15) is 0 Å². The van der Waals surface area contributed by atoms with Crippen molar-refractivity contribution >= 4 is 15.7 Å². The first-order chi connectivity index (χ1) is 13.3. The molecule has 1 unspecified atom stereocenters. The van der Waals surface area contributed by atoms with Crippen molar-refractivity contribution in [3.05, 3.63) is 59.9 Å². The van der Waals surface area contributed by atoms with Crippen LogP contribution in [0.2, 0.25) is 0 Å². The Balaban J connectivity index is 1.81. The van der Waals surface area contributed by atoms with Gasteiger partial charge < -0.3 is 10.1 Å². The Hall–Kier alpha value is -2.85. The number of carbonyl (C=O) groups is 1. The van der Waals surface area contributed by atoms with Crippen LogP contribution in [0.15, 0.2) is 53.4 Å². The minimum Gasteiger partial charge on any atom is -0.481 e. The number of rotatable bonds is 9. The molecular formula is C21H22FNO4S. The number of terminal acetylenes is 1. The van der Waals surface area contributed by atoms with E-state index in [2.05, 4.69) is 11.2 Å². The van der Waals surface area contributed by atoms with Crippen LogP contribution in [0.3, 0.4) is 0 Å². The average Bonchev–Trinajstić information content (AvgIpc) is 2.67. The van der Waals surface area contributed by atoms with Gasteiger partial charge in [-0.3, -0.25) is 4.79 Å². The van der Waals surface area contributed by atoms with Gasteiger partial charge in [0.1, 0.15) is 18.2 Å². The molecule has 0 spiro atoms. The third-order valence-corrected chi connectivity index (χ3v) is 6.28. The molecule has 1 atom stereocenters.